The smallest absolute Gasteiger partial charge is 0.252 e. The largest absolute Gasteiger partial charge is 0.345 e. The zero-order valence-corrected chi connectivity index (χ0v) is 19.6. The molecule has 5 aromatic rings. The second kappa shape index (κ2) is 8.47. The molecule has 1 unspecified atom stereocenters. The van der Waals surface area contributed by atoms with E-state index in [9.17, 15) is 4.79 Å². The fraction of sp³-hybridized carbons (Fsp3) is 0.222. The van der Waals surface area contributed by atoms with E-state index in [0.717, 1.165) is 40.9 Å². The third kappa shape index (κ3) is 3.97. The Kier molecular flexibility index (Phi) is 5.13. The Morgan fingerprint density at radius 3 is 2.63 bits per heavy atom. The van der Waals surface area contributed by atoms with Gasteiger partial charge in [0, 0.05) is 35.9 Å². The van der Waals surface area contributed by atoms with Crippen LogP contribution in [0.5, 0.6) is 0 Å². The Bertz CT molecular complexity index is 1500. The topological polar surface area (TPSA) is 90.5 Å². The lowest BCUT2D eigenvalue weighted by Gasteiger charge is -2.16. The molecule has 8 heteroatoms. The summed E-state index contributed by atoms with van der Waals surface area (Å²) >= 11 is 0. The summed E-state index contributed by atoms with van der Waals surface area (Å²) in [5.41, 5.74) is 5.02. The highest BCUT2D eigenvalue weighted by atomic mass is 16.1. The third-order valence-electron chi connectivity index (χ3n) is 6.48. The number of aryl methyl sites for hydroxylation is 1. The molecule has 1 aliphatic rings. The molecular formula is C27H25N7O. The Hall–Kier alpha value is -4.33. The van der Waals surface area contributed by atoms with Crippen molar-refractivity contribution in [2.45, 2.75) is 38.6 Å². The molecule has 1 N–H and O–H groups in total. The molecule has 1 amide bonds. The van der Waals surface area contributed by atoms with Crippen LogP contribution in [-0.2, 0) is 0 Å². The van der Waals surface area contributed by atoms with E-state index in [1.807, 2.05) is 73.1 Å². The lowest BCUT2D eigenvalue weighted by atomic mass is 10.0. The number of carbonyl (C=O) groups is 1. The maximum Gasteiger partial charge on any atom is 0.252 e. The highest BCUT2D eigenvalue weighted by Crippen LogP contribution is 2.40. The van der Waals surface area contributed by atoms with Crippen LogP contribution in [0.25, 0.3) is 22.5 Å². The number of amides is 1. The van der Waals surface area contributed by atoms with Crippen molar-refractivity contribution in [1.29, 1.82) is 0 Å². The number of aromatic nitrogens is 6. The van der Waals surface area contributed by atoms with Crippen LogP contribution in [0.1, 0.15) is 59.0 Å². The molecule has 0 radical (unpaired) electrons. The summed E-state index contributed by atoms with van der Waals surface area (Å²) in [4.78, 5) is 27.0. The summed E-state index contributed by atoms with van der Waals surface area (Å²) in [6.07, 6.45) is 9.34. The third-order valence-corrected chi connectivity index (χ3v) is 6.48. The summed E-state index contributed by atoms with van der Waals surface area (Å²) in [5.74, 6) is 0.949. The van der Waals surface area contributed by atoms with Gasteiger partial charge in [0.05, 0.1) is 29.0 Å². The minimum Gasteiger partial charge on any atom is -0.345 e. The maximum absolute atomic E-state index is 13.6. The average Bonchev–Trinajstić information content (AvgIpc) is 3.49. The van der Waals surface area contributed by atoms with Gasteiger partial charge >= 0.3 is 0 Å². The number of hydrogen-bond acceptors (Lipinski definition) is 5. The van der Waals surface area contributed by atoms with Gasteiger partial charge in [0.15, 0.2) is 11.5 Å². The number of carbonyl (C=O) groups excluding carboxylic acids is 1. The molecule has 35 heavy (non-hydrogen) atoms. The first-order chi connectivity index (χ1) is 17.1. The van der Waals surface area contributed by atoms with Crippen LogP contribution in [0, 0.1) is 6.92 Å². The van der Waals surface area contributed by atoms with E-state index in [-0.39, 0.29) is 11.9 Å². The van der Waals surface area contributed by atoms with Crippen molar-refractivity contribution >= 4 is 16.9 Å². The molecule has 1 aliphatic carbocycles. The molecule has 1 fully saturated rings. The average molecular weight is 464 g/mol. The number of pyridine rings is 2. The number of fused-ring (bicyclic) bond motifs is 1. The molecule has 4 heterocycles. The first kappa shape index (κ1) is 21.2. The van der Waals surface area contributed by atoms with Crippen LogP contribution in [0.2, 0.25) is 0 Å². The minimum atomic E-state index is -0.168. The van der Waals surface area contributed by atoms with E-state index in [1.165, 1.54) is 0 Å². The van der Waals surface area contributed by atoms with Gasteiger partial charge in [0.1, 0.15) is 0 Å². The number of benzene rings is 1. The van der Waals surface area contributed by atoms with E-state index in [4.69, 9.17) is 10.1 Å². The number of nitrogens with zero attached hydrogens (tertiary/aromatic N) is 6. The molecule has 8 nitrogen and oxygen atoms in total. The van der Waals surface area contributed by atoms with Gasteiger partial charge in [0.25, 0.3) is 5.91 Å². The van der Waals surface area contributed by atoms with Gasteiger partial charge in [-0.15, -0.1) is 0 Å². The minimum absolute atomic E-state index is 0.130. The lowest BCUT2D eigenvalue weighted by Crippen LogP contribution is -2.27. The van der Waals surface area contributed by atoms with Crippen LogP contribution < -0.4 is 5.32 Å². The quantitative estimate of drug-likeness (QED) is 0.395. The predicted molar refractivity (Wildman–Crippen MR) is 133 cm³/mol. The van der Waals surface area contributed by atoms with Gasteiger partial charge < -0.3 is 9.88 Å². The lowest BCUT2D eigenvalue weighted by molar-refractivity contribution is 0.0941. The van der Waals surface area contributed by atoms with Crippen LogP contribution in [0.15, 0.2) is 73.4 Å². The number of imidazole rings is 1. The zero-order chi connectivity index (χ0) is 23.9. The van der Waals surface area contributed by atoms with E-state index >= 15 is 0 Å². The molecule has 0 spiro atoms. The molecule has 1 saturated carbocycles. The van der Waals surface area contributed by atoms with Crippen molar-refractivity contribution < 1.29 is 4.79 Å². The number of nitrogens with one attached hydrogen (secondary N) is 1. The zero-order valence-electron chi connectivity index (χ0n) is 19.6. The van der Waals surface area contributed by atoms with Gasteiger partial charge in [-0.3, -0.25) is 4.79 Å². The van der Waals surface area contributed by atoms with Gasteiger partial charge in [-0.05, 0) is 62.6 Å². The molecule has 1 atom stereocenters. The highest BCUT2D eigenvalue weighted by Gasteiger charge is 2.29. The van der Waals surface area contributed by atoms with Gasteiger partial charge in [-0.2, -0.15) is 9.78 Å². The predicted octanol–water partition coefficient (Wildman–Crippen LogP) is 4.68. The van der Waals surface area contributed by atoms with E-state index in [1.54, 1.807) is 23.4 Å². The fourth-order valence-corrected chi connectivity index (χ4v) is 4.42. The van der Waals surface area contributed by atoms with Gasteiger partial charge in [-0.25, -0.2) is 15.0 Å². The summed E-state index contributed by atoms with van der Waals surface area (Å²) in [6, 6.07) is 15.6. The summed E-state index contributed by atoms with van der Waals surface area (Å²) in [5, 5.41) is 8.65. The molecular weight excluding hydrogens is 438 g/mol. The van der Waals surface area contributed by atoms with Crippen molar-refractivity contribution in [3.05, 3.63) is 96.0 Å². The number of hydrogen-bond donors (Lipinski definition) is 1. The Balaban J connectivity index is 1.34. The summed E-state index contributed by atoms with van der Waals surface area (Å²) in [6.45, 7) is 3.91. The van der Waals surface area contributed by atoms with Crippen molar-refractivity contribution in [3.8, 4) is 11.5 Å². The fourth-order valence-electron chi connectivity index (χ4n) is 4.42. The first-order valence-corrected chi connectivity index (χ1v) is 11.8. The van der Waals surface area contributed by atoms with Crippen LogP contribution in [-0.4, -0.2) is 35.2 Å². The van der Waals surface area contributed by atoms with E-state index in [2.05, 4.69) is 15.3 Å². The van der Waals surface area contributed by atoms with Crippen molar-refractivity contribution in [2.24, 2.45) is 0 Å². The SMILES string of the molecule is Cc1nn(-c2ccccn2)c2nc(C3CC3)cc(C(=O)NC(C)c3ccc(-n4ccnc4)cc3)c12. The monoisotopic (exact) mass is 463 g/mol. The normalized spacial score (nSPS) is 14.2. The highest BCUT2D eigenvalue weighted by molar-refractivity contribution is 6.07. The van der Waals surface area contributed by atoms with Crippen LogP contribution in [0.3, 0.4) is 0 Å². The van der Waals surface area contributed by atoms with Crippen molar-refractivity contribution in [3.63, 3.8) is 0 Å². The summed E-state index contributed by atoms with van der Waals surface area (Å²) in [7, 11) is 0. The molecule has 1 aromatic carbocycles. The van der Waals surface area contributed by atoms with Gasteiger partial charge in [0.2, 0.25) is 0 Å². The first-order valence-electron chi connectivity index (χ1n) is 11.8. The second-order valence-electron chi connectivity index (χ2n) is 9.01. The summed E-state index contributed by atoms with van der Waals surface area (Å²) < 4.78 is 3.69. The Labute approximate surface area is 202 Å². The van der Waals surface area contributed by atoms with Crippen molar-refractivity contribution in [2.75, 3.05) is 0 Å². The molecule has 0 saturated heterocycles. The maximum atomic E-state index is 13.6. The molecule has 6 rings (SSSR count). The standard InChI is InChI=1S/C27H25N7O/c1-17(19-8-10-21(11-9-19)33-14-13-28-16-33)30-27(35)22-15-23(20-6-7-20)31-26-25(22)18(2)32-34(26)24-5-3-4-12-29-24/h3-5,8-17,20H,6-7H2,1-2H3,(H,30,35). The Morgan fingerprint density at radius 1 is 1.11 bits per heavy atom. The molecule has 0 bridgehead atoms. The second-order valence-corrected chi connectivity index (χ2v) is 9.01. The van der Waals surface area contributed by atoms with Crippen molar-refractivity contribution in [1.82, 2.24) is 34.6 Å². The molecule has 4 aromatic heterocycles. The number of rotatable bonds is 6. The Morgan fingerprint density at radius 2 is 1.94 bits per heavy atom. The van der Waals surface area contributed by atoms with E-state index in [0.29, 0.717) is 22.9 Å². The van der Waals surface area contributed by atoms with Gasteiger partial charge in [-0.1, -0.05) is 18.2 Å². The van der Waals surface area contributed by atoms with Crippen LogP contribution >= 0.6 is 0 Å². The molecule has 0 aliphatic heterocycles. The molecule has 174 valence electrons. The van der Waals surface area contributed by atoms with E-state index < -0.39 is 0 Å². The van der Waals surface area contributed by atoms with Crippen LogP contribution in [0.4, 0.5) is 0 Å².